The number of rotatable bonds is 0. The van der Waals surface area contributed by atoms with Crippen LogP contribution in [-0.4, -0.2) is 15.3 Å². The van der Waals surface area contributed by atoms with Gasteiger partial charge >= 0.3 is 0 Å². The topological polar surface area (TPSA) is 34.9 Å². The maximum absolute atomic E-state index is 10.9. The van der Waals surface area contributed by atoms with Crippen LogP contribution in [0.25, 0.3) is 0 Å². The summed E-state index contributed by atoms with van der Waals surface area (Å²) < 4.78 is 1.81. The molecule has 0 atom stereocenters. The molecule has 0 N–H and O–H groups in total. The Morgan fingerprint density at radius 2 is 2.36 bits per heavy atom. The minimum absolute atomic E-state index is 0.256. The van der Waals surface area contributed by atoms with Gasteiger partial charge in [-0.15, -0.1) is 0 Å². The molecule has 0 spiro atoms. The zero-order chi connectivity index (χ0) is 7.84. The maximum Gasteiger partial charge on any atom is 0.152 e. The van der Waals surface area contributed by atoms with Crippen LogP contribution in [0.2, 0.25) is 5.15 Å². The fraction of sp³-hybridized carbons (Fsp3) is 0.429. The van der Waals surface area contributed by atoms with E-state index < -0.39 is 0 Å². The fourth-order valence-electron chi connectivity index (χ4n) is 1.29. The number of carbonyl (C=O) groups excluding carboxylic acids is 1. The highest BCUT2D eigenvalue weighted by Gasteiger charge is 2.17. The first-order chi connectivity index (χ1) is 5.27. The number of hydrogen-bond acceptors (Lipinski definition) is 2. The van der Waals surface area contributed by atoms with Crippen LogP contribution in [-0.2, 0) is 17.8 Å². The molecule has 2 heterocycles. The molecule has 58 valence electrons. The molecule has 0 aromatic carbocycles. The summed E-state index contributed by atoms with van der Waals surface area (Å²) in [5, 5.41) is 0.539. The second kappa shape index (κ2) is 2.34. The van der Waals surface area contributed by atoms with E-state index in [9.17, 15) is 4.79 Å². The van der Waals surface area contributed by atoms with E-state index in [0.717, 1.165) is 12.1 Å². The molecule has 0 unspecified atom stereocenters. The molecule has 0 aliphatic carbocycles. The Labute approximate surface area is 69.0 Å². The number of ketones is 1. The van der Waals surface area contributed by atoms with Gasteiger partial charge in [-0.05, 0) is 6.42 Å². The minimum atomic E-state index is 0.256. The highest BCUT2D eigenvalue weighted by atomic mass is 35.5. The van der Waals surface area contributed by atoms with Gasteiger partial charge in [0.2, 0.25) is 0 Å². The van der Waals surface area contributed by atoms with E-state index in [2.05, 4.69) is 4.98 Å². The summed E-state index contributed by atoms with van der Waals surface area (Å²) in [7, 11) is 0. The first-order valence-electron chi connectivity index (χ1n) is 3.48. The molecular weight excluding hydrogens is 164 g/mol. The third kappa shape index (κ3) is 1.05. The van der Waals surface area contributed by atoms with Gasteiger partial charge in [0.15, 0.2) is 5.78 Å². The Morgan fingerprint density at radius 1 is 1.55 bits per heavy atom. The number of fused-ring (bicyclic) bond motifs is 1. The second-order valence-electron chi connectivity index (χ2n) is 2.65. The second-order valence-corrected chi connectivity index (χ2v) is 3.01. The van der Waals surface area contributed by atoms with E-state index in [-0.39, 0.29) is 5.78 Å². The summed E-state index contributed by atoms with van der Waals surface area (Å²) in [6.07, 6.45) is 2.96. The van der Waals surface area contributed by atoms with Crippen LogP contribution < -0.4 is 0 Å². The van der Waals surface area contributed by atoms with E-state index in [1.165, 1.54) is 0 Å². The highest BCUT2D eigenvalue weighted by Crippen LogP contribution is 2.19. The molecule has 0 amide bonds. The summed E-state index contributed by atoms with van der Waals surface area (Å²) in [6.45, 7) is 0.440. The van der Waals surface area contributed by atoms with Crippen molar-refractivity contribution in [1.29, 1.82) is 0 Å². The summed E-state index contributed by atoms with van der Waals surface area (Å²) in [5.74, 6) is 0.256. The van der Waals surface area contributed by atoms with Crippen LogP contribution in [0.1, 0.15) is 12.1 Å². The van der Waals surface area contributed by atoms with Crippen LogP contribution in [0.5, 0.6) is 0 Å². The van der Waals surface area contributed by atoms with Gasteiger partial charge in [0.25, 0.3) is 0 Å². The Hall–Kier alpha value is -0.830. The Bertz CT molecular complexity index is 305. The molecular formula is C7H7ClN2O. The van der Waals surface area contributed by atoms with E-state index in [1.54, 1.807) is 6.33 Å². The van der Waals surface area contributed by atoms with E-state index in [4.69, 9.17) is 11.6 Å². The van der Waals surface area contributed by atoms with Crippen molar-refractivity contribution in [3.05, 3.63) is 17.2 Å². The molecule has 1 aromatic heterocycles. The summed E-state index contributed by atoms with van der Waals surface area (Å²) in [6, 6.07) is 0. The molecule has 0 saturated heterocycles. The Morgan fingerprint density at radius 3 is 3.18 bits per heavy atom. The monoisotopic (exact) mass is 170 g/mol. The van der Waals surface area contributed by atoms with Crippen LogP contribution in [0.3, 0.4) is 0 Å². The summed E-state index contributed by atoms with van der Waals surface area (Å²) in [5.41, 5.74) is 0.992. The van der Waals surface area contributed by atoms with E-state index >= 15 is 0 Å². The lowest BCUT2D eigenvalue weighted by molar-refractivity contribution is -0.120. The molecule has 0 radical (unpaired) electrons. The van der Waals surface area contributed by atoms with Crippen LogP contribution in [0.15, 0.2) is 6.33 Å². The molecule has 1 aliphatic heterocycles. The molecule has 2 rings (SSSR count). The number of halogens is 1. The molecule has 4 heteroatoms. The summed E-state index contributed by atoms with van der Waals surface area (Å²) in [4.78, 5) is 14.9. The van der Waals surface area contributed by atoms with Gasteiger partial charge in [-0.1, -0.05) is 11.6 Å². The van der Waals surface area contributed by atoms with E-state index in [0.29, 0.717) is 18.1 Å². The SMILES string of the molecule is O=C1CCc2c(Cl)ncn2C1. The average molecular weight is 171 g/mol. The lowest BCUT2D eigenvalue weighted by Crippen LogP contribution is -2.18. The number of carbonyl (C=O) groups is 1. The quantitative estimate of drug-likeness (QED) is 0.584. The molecule has 1 aromatic rings. The van der Waals surface area contributed by atoms with Crippen LogP contribution >= 0.6 is 11.6 Å². The predicted molar refractivity (Wildman–Crippen MR) is 40.6 cm³/mol. The first-order valence-corrected chi connectivity index (χ1v) is 3.86. The predicted octanol–water partition coefficient (Wildman–Crippen LogP) is 1.05. The first kappa shape index (κ1) is 6.85. The molecule has 0 saturated carbocycles. The number of nitrogens with zero attached hydrogens (tertiary/aromatic N) is 2. The Balaban J connectivity index is 2.44. The Kier molecular flexibility index (Phi) is 1.46. The van der Waals surface area contributed by atoms with Crippen LogP contribution in [0.4, 0.5) is 0 Å². The number of Topliss-reactive ketones (excluding diaryl/α,β-unsaturated/α-hetero) is 1. The lowest BCUT2D eigenvalue weighted by atomic mass is 10.1. The van der Waals surface area contributed by atoms with Crippen molar-refractivity contribution >= 4 is 17.4 Å². The molecule has 0 bridgehead atoms. The third-order valence-electron chi connectivity index (χ3n) is 1.88. The number of aromatic nitrogens is 2. The van der Waals surface area contributed by atoms with Crippen molar-refractivity contribution in [2.24, 2.45) is 0 Å². The number of imidazole rings is 1. The minimum Gasteiger partial charge on any atom is -0.326 e. The van der Waals surface area contributed by atoms with Crippen molar-refractivity contribution in [3.8, 4) is 0 Å². The number of hydrogen-bond donors (Lipinski definition) is 0. The van der Waals surface area contributed by atoms with Crippen LogP contribution in [0, 0.1) is 0 Å². The van der Waals surface area contributed by atoms with Crippen molar-refractivity contribution in [1.82, 2.24) is 9.55 Å². The van der Waals surface area contributed by atoms with Gasteiger partial charge in [0.05, 0.1) is 18.6 Å². The van der Waals surface area contributed by atoms with Crippen molar-refractivity contribution in [2.75, 3.05) is 0 Å². The van der Waals surface area contributed by atoms with Crippen molar-refractivity contribution < 1.29 is 4.79 Å². The highest BCUT2D eigenvalue weighted by molar-refractivity contribution is 6.30. The largest absolute Gasteiger partial charge is 0.326 e. The van der Waals surface area contributed by atoms with Gasteiger partial charge in [0.1, 0.15) is 5.15 Å². The van der Waals surface area contributed by atoms with Gasteiger partial charge in [-0.3, -0.25) is 4.79 Å². The van der Waals surface area contributed by atoms with Crippen molar-refractivity contribution in [3.63, 3.8) is 0 Å². The lowest BCUT2D eigenvalue weighted by Gasteiger charge is -2.12. The van der Waals surface area contributed by atoms with Gasteiger partial charge in [-0.25, -0.2) is 4.98 Å². The van der Waals surface area contributed by atoms with Gasteiger partial charge in [-0.2, -0.15) is 0 Å². The van der Waals surface area contributed by atoms with Gasteiger partial charge in [0, 0.05) is 6.42 Å². The zero-order valence-corrected chi connectivity index (χ0v) is 6.64. The zero-order valence-electron chi connectivity index (χ0n) is 5.88. The van der Waals surface area contributed by atoms with Crippen molar-refractivity contribution in [2.45, 2.75) is 19.4 Å². The third-order valence-corrected chi connectivity index (χ3v) is 2.20. The van der Waals surface area contributed by atoms with E-state index in [1.807, 2.05) is 4.57 Å². The molecule has 3 nitrogen and oxygen atoms in total. The molecule has 11 heavy (non-hydrogen) atoms. The van der Waals surface area contributed by atoms with Gasteiger partial charge < -0.3 is 4.57 Å². The smallest absolute Gasteiger partial charge is 0.152 e. The molecule has 0 fully saturated rings. The normalized spacial score (nSPS) is 16.6. The average Bonchev–Trinajstić information content (AvgIpc) is 2.32. The summed E-state index contributed by atoms with van der Waals surface area (Å²) >= 11 is 5.76. The fourth-order valence-corrected chi connectivity index (χ4v) is 1.54. The maximum atomic E-state index is 10.9. The molecule has 1 aliphatic rings. The standard InChI is InChI=1S/C7H7ClN2O/c8-7-6-2-1-5(11)3-10(6)4-9-7/h4H,1-3H2.